The van der Waals surface area contributed by atoms with Gasteiger partial charge in [0, 0.05) is 24.8 Å². The number of carbonyl (C=O) groups excluding carboxylic acids is 1. The molecule has 2 aromatic rings. The molecule has 1 aromatic heterocycles. The van der Waals surface area contributed by atoms with Crippen LogP contribution in [0.2, 0.25) is 0 Å². The number of aromatic nitrogens is 2. The molecule has 0 N–H and O–H groups in total. The highest BCUT2D eigenvalue weighted by Crippen LogP contribution is 2.66. The molecule has 1 aromatic carbocycles. The van der Waals surface area contributed by atoms with E-state index in [4.69, 9.17) is 4.74 Å². The van der Waals surface area contributed by atoms with E-state index in [0.29, 0.717) is 37.1 Å². The molecule has 162 valence electrons. The Morgan fingerprint density at radius 1 is 1.16 bits per heavy atom. The van der Waals surface area contributed by atoms with Crippen LogP contribution in [0.3, 0.4) is 0 Å². The maximum atomic E-state index is 15.3. The summed E-state index contributed by atoms with van der Waals surface area (Å²) in [6.45, 7) is 0. The Balaban J connectivity index is 1.34. The average Bonchev–Trinajstić information content (AvgIpc) is 3.45. The van der Waals surface area contributed by atoms with Gasteiger partial charge in [-0.25, -0.2) is 28.1 Å². The largest absolute Gasteiger partial charge is 0.481 e. The van der Waals surface area contributed by atoms with Gasteiger partial charge >= 0.3 is 0 Å². The standard InChI is InChI=1S/C22H21F3N4O2/c1-31-19-7-17(26-11-27-19)20(25)16-10-22(8-13(16)9-22)21(30)29-18(2-3-28-29)12-4-14(23)6-15(24)5-12/h3-7,11,13,16,18,20H,2,8-10H2,1H3/t13?,16-,18?,20?,22?/m1/s1. The lowest BCUT2D eigenvalue weighted by Gasteiger charge is -2.40. The second kappa shape index (κ2) is 7.32. The molecule has 6 rings (SSSR count). The lowest BCUT2D eigenvalue weighted by atomic mass is 9.68. The van der Waals surface area contributed by atoms with Gasteiger partial charge in [0.25, 0.3) is 0 Å². The molecule has 0 spiro atoms. The summed E-state index contributed by atoms with van der Waals surface area (Å²) in [4.78, 5) is 21.4. The molecular weight excluding hydrogens is 409 g/mol. The molecule has 6 nitrogen and oxygen atoms in total. The molecule has 1 aliphatic heterocycles. The third-order valence-corrected chi connectivity index (χ3v) is 6.83. The van der Waals surface area contributed by atoms with Crippen LogP contribution in [0.15, 0.2) is 35.7 Å². The van der Waals surface area contributed by atoms with Crippen molar-refractivity contribution in [1.29, 1.82) is 0 Å². The molecule has 3 saturated carbocycles. The number of amides is 1. The van der Waals surface area contributed by atoms with Crippen molar-refractivity contribution in [3.8, 4) is 5.88 Å². The van der Waals surface area contributed by atoms with E-state index in [0.717, 1.165) is 6.07 Å². The molecule has 4 aliphatic rings. The minimum absolute atomic E-state index is 0.0801. The van der Waals surface area contributed by atoms with Gasteiger partial charge in [-0.1, -0.05) is 0 Å². The van der Waals surface area contributed by atoms with Crippen LogP contribution < -0.4 is 4.74 Å². The van der Waals surface area contributed by atoms with Crippen molar-refractivity contribution in [3.63, 3.8) is 0 Å². The molecule has 2 unspecified atom stereocenters. The maximum Gasteiger partial charge on any atom is 0.249 e. The number of carbonyl (C=O) groups is 1. The quantitative estimate of drug-likeness (QED) is 0.715. The van der Waals surface area contributed by atoms with Crippen LogP contribution >= 0.6 is 0 Å². The van der Waals surface area contributed by atoms with Gasteiger partial charge in [0.05, 0.1) is 24.3 Å². The van der Waals surface area contributed by atoms with Crippen LogP contribution in [0.25, 0.3) is 0 Å². The Kier molecular flexibility index (Phi) is 4.71. The number of ether oxygens (including phenoxy) is 1. The molecule has 3 atom stereocenters. The van der Waals surface area contributed by atoms with Gasteiger partial charge in [-0.2, -0.15) is 5.10 Å². The number of methoxy groups -OCH3 is 1. The second-order valence-corrected chi connectivity index (χ2v) is 8.61. The molecule has 1 amide bonds. The van der Waals surface area contributed by atoms with Crippen LogP contribution in [0.1, 0.15) is 49.2 Å². The smallest absolute Gasteiger partial charge is 0.249 e. The van der Waals surface area contributed by atoms with Crippen molar-refractivity contribution >= 4 is 12.1 Å². The average molecular weight is 430 g/mol. The topological polar surface area (TPSA) is 67.7 Å². The van der Waals surface area contributed by atoms with Gasteiger partial charge in [-0.15, -0.1) is 0 Å². The zero-order valence-electron chi connectivity index (χ0n) is 16.8. The summed E-state index contributed by atoms with van der Waals surface area (Å²) in [5.74, 6) is -1.56. The molecule has 2 heterocycles. The molecule has 31 heavy (non-hydrogen) atoms. The normalized spacial score (nSPS) is 29.7. The summed E-state index contributed by atoms with van der Waals surface area (Å²) in [5.41, 5.74) is -0.0799. The SMILES string of the molecule is COc1cc(C(F)[C@@H]2CC3(C(=O)N4N=CCC4c4cc(F)cc(F)c4)CC2C3)ncn1. The molecular formula is C22H21F3N4O2. The van der Waals surface area contributed by atoms with Crippen molar-refractivity contribution in [2.75, 3.05) is 7.11 Å². The van der Waals surface area contributed by atoms with E-state index in [-0.39, 0.29) is 23.4 Å². The summed E-state index contributed by atoms with van der Waals surface area (Å²) < 4.78 is 47.8. The fraction of sp³-hybridized carbons (Fsp3) is 0.455. The Morgan fingerprint density at radius 2 is 1.90 bits per heavy atom. The van der Waals surface area contributed by atoms with Crippen molar-refractivity contribution in [3.05, 3.63) is 53.5 Å². The number of halogens is 3. The number of benzene rings is 1. The summed E-state index contributed by atoms with van der Waals surface area (Å²) in [6, 6.07) is 4.17. The molecule has 3 aliphatic carbocycles. The number of hydrazone groups is 1. The van der Waals surface area contributed by atoms with Crippen molar-refractivity contribution in [2.45, 2.75) is 37.9 Å². The first-order chi connectivity index (χ1) is 14.9. The van der Waals surface area contributed by atoms with E-state index in [1.807, 2.05) is 0 Å². The van der Waals surface area contributed by atoms with E-state index in [1.165, 1.54) is 36.6 Å². The zero-order valence-corrected chi connectivity index (χ0v) is 16.8. The monoisotopic (exact) mass is 430 g/mol. The van der Waals surface area contributed by atoms with Gasteiger partial charge in [-0.05, 0) is 48.8 Å². The fourth-order valence-corrected chi connectivity index (χ4v) is 5.37. The highest BCUT2D eigenvalue weighted by atomic mass is 19.1. The lowest BCUT2D eigenvalue weighted by molar-refractivity contribution is -0.148. The van der Waals surface area contributed by atoms with Crippen LogP contribution in [-0.4, -0.2) is 34.2 Å². The Hall–Kier alpha value is -2.97. The number of nitrogens with zero attached hydrogens (tertiary/aromatic N) is 4. The predicted octanol–water partition coefficient (Wildman–Crippen LogP) is 4.15. The Bertz CT molecular complexity index is 1040. The highest BCUT2D eigenvalue weighted by molar-refractivity contribution is 5.86. The first-order valence-corrected chi connectivity index (χ1v) is 10.2. The van der Waals surface area contributed by atoms with E-state index in [9.17, 15) is 13.6 Å². The summed E-state index contributed by atoms with van der Waals surface area (Å²) in [6.07, 6.45) is 3.45. The van der Waals surface area contributed by atoms with Crippen LogP contribution in [0.5, 0.6) is 5.88 Å². The summed E-state index contributed by atoms with van der Waals surface area (Å²) >= 11 is 0. The van der Waals surface area contributed by atoms with Crippen LogP contribution in [-0.2, 0) is 4.79 Å². The molecule has 0 radical (unpaired) electrons. The summed E-state index contributed by atoms with van der Waals surface area (Å²) in [5, 5.41) is 5.53. The van der Waals surface area contributed by atoms with Crippen molar-refractivity contribution in [1.82, 2.24) is 15.0 Å². The molecule has 9 heteroatoms. The minimum Gasteiger partial charge on any atom is -0.481 e. The maximum absolute atomic E-state index is 15.3. The van der Waals surface area contributed by atoms with Crippen molar-refractivity contribution in [2.24, 2.45) is 22.4 Å². The van der Waals surface area contributed by atoms with E-state index in [2.05, 4.69) is 15.1 Å². The Morgan fingerprint density at radius 3 is 2.61 bits per heavy atom. The number of fused-ring (bicyclic) bond motifs is 1. The number of hydrogen-bond donors (Lipinski definition) is 0. The third kappa shape index (κ3) is 3.26. The number of alkyl halides is 1. The van der Waals surface area contributed by atoms with E-state index < -0.39 is 29.3 Å². The Labute approximate surface area is 177 Å². The second-order valence-electron chi connectivity index (χ2n) is 8.61. The van der Waals surface area contributed by atoms with Gasteiger partial charge in [-0.3, -0.25) is 4.79 Å². The third-order valence-electron chi connectivity index (χ3n) is 6.83. The molecule has 3 fully saturated rings. The van der Waals surface area contributed by atoms with Gasteiger partial charge in [0.2, 0.25) is 11.8 Å². The number of rotatable bonds is 5. The van der Waals surface area contributed by atoms with Crippen LogP contribution in [0, 0.1) is 28.9 Å². The van der Waals surface area contributed by atoms with Gasteiger partial charge < -0.3 is 4.74 Å². The fourth-order valence-electron chi connectivity index (χ4n) is 5.37. The van der Waals surface area contributed by atoms with Crippen LogP contribution in [0.4, 0.5) is 13.2 Å². The molecule has 2 bridgehead atoms. The lowest BCUT2D eigenvalue weighted by Crippen LogP contribution is -2.45. The number of hydrogen-bond acceptors (Lipinski definition) is 5. The van der Waals surface area contributed by atoms with Crippen molar-refractivity contribution < 1.29 is 22.7 Å². The first kappa shape index (κ1) is 20.0. The van der Waals surface area contributed by atoms with E-state index in [1.54, 1.807) is 6.21 Å². The summed E-state index contributed by atoms with van der Waals surface area (Å²) in [7, 11) is 1.46. The zero-order chi connectivity index (χ0) is 21.8. The first-order valence-electron chi connectivity index (χ1n) is 10.2. The van der Waals surface area contributed by atoms with Gasteiger partial charge in [0.15, 0.2) is 0 Å². The minimum atomic E-state index is -1.32. The molecule has 0 saturated heterocycles. The van der Waals surface area contributed by atoms with Gasteiger partial charge in [0.1, 0.15) is 24.1 Å². The highest BCUT2D eigenvalue weighted by Gasteiger charge is 2.63. The van der Waals surface area contributed by atoms with E-state index >= 15 is 4.39 Å². The predicted molar refractivity (Wildman–Crippen MR) is 105 cm³/mol.